The van der Waals surface area contributed by atoms with Gasteiger partial charge in [-0.3, -0.25) is 0 Å². The zero-order valence-corrected chi connectivity index (χ0v) is 11.5. The van der Waals surface area contributed by atoms with Gasteiger partial charge in [0, 0.05) is 35.6 Å². The van der Waals surface area contributed by atoms with Crippen molar-refractivity contribution in [2.24, 2.45) is 10.8 Å². The number of hydrogen-bond acceptors (Lipinski definition) is 4. The fourth-order valence-corrected chi connectivity index (χ4v) is 2.50. The van der Waals surface area contributed by atoms with Crippen LogP contribution in [0.3, 0.4) is 0 Å². The van der Waals surface area contributed by atoms with Crippen molar-refractivity contribution >= 4 is 0 Å². The van der Waals surface area contributed by atoms with E-state index in [1.807, 2.05) is 0 Å². The molecule has 20 heavy (non-hydrogen) atoms. The molecule has 0 saturated carbocycles. The third kappa shape index (κ3) is 2.70. The SMILES string of the molecule is COCC1(CN=[N+]=[N-])Cc2cc(F)cc([C@@H](C)N)c2O1. The summed E-state index contributed by atoms with van der Waals surface area (Å²) < 4.78 is 24.8. The van der Waals surface area contributed by atoms with Gasteiger partial charge < -0.3 is 15.2 Å². The van der Waals surface area contributed by atoms with Crippen LogP contribution >= 0.6 is 0 Å². The van der Waals surface area contributed by atoms with Crippen LogP contribution in [0, 0.1) is 5.82 Å². The van der Waals surface area contributed by atoms with Crippen molar-refractivity contribution in [3.63, 3.8) is 0 Å². The topological polar surface area (TPSA) is 93.2 Å². The van der Waals surface area contributed by atoms with Crippen molar-refractivity contribution < 1.29 is 13.9 Å². The Hall–Kier alpha value is -1.82. The normalized spacial score (nSPS) is 21.8. The number of rotatable bonds is 5. The number of methoxy groups -OCH3 is 1. The lowest BCUT2D eigenvalue weighted by Crippen LogP contribution is -2.42. The lowest BCUT2D eigenvalue weighted by molar-refractivity contribution is 0.0125. The van der Waals surface area contributed by atoms with Crippen LogP contribution in [-0.2, 0) is 11.2 Å². The van der Waals surface area contributed by atoms with E-state index in [-0.39, 0.29) is 25.0 Å². The molecule has 0 aromatic heterocycles. The molecule has 7 heteroatoms. The molecule has 2 atom stereocenters. The van der Waals surface area contributed by atoms with Crippen LogP contribution in [-0.4, -0.2) is 25.9 Å². The second kappa shape index (κ2) is 5.66. The summed E-state index contributed by atoms with van der Waals surface area (Å²) in [7, 11) is 1.54. The molecule has 1 aliphatic rings. The summed E-state index contributed by atoms with van der Waals surface area (Å²) in [4.78, 5) is 2.76. The average molecular weight is 280 g/mol. The van der Waals surface area contributed by atoms with Crippen LogP contribution in [0.25, 0.3) is 10.4 Å². The first-order valence-corrected chi connectivity index (χ1v) is 6.28. The average Bonchev–Trinajstić information content (AvgIpc) is 2.74. The second-order valence-corrected chi connectivity index (χ2v) is 5.06. The maximum absolute atomic E-state index is 13.6. The van der Waals surface area contributed by atoms with Gasteiger partial charge in [-0.15, -0.1) is 0 Å². The van der Waals surface area contributed by atoms with E-state index >= 15 is 0 Å². The van der Waals surface area contributed by atoms with Gasteiger partial charge in [0.15, 0.2) is 0 Å². The second-order valence-electron chi connectivity index (χ2n) is 5.06. The number of fused-ring (bicyclic) bond motifs is 1. The van der Waals surface area contributed by atoms with Crippen LogP contribution < -0.4 is 10.5 Å². The maximum atomic E-state index is 13.6. The van der Waals surface area contributed by atoms with Crippen molar-refractivity contribution in [3.8, 4) is 5.75 Å². The molecular formula is C13H17FN4O2. The summed E-state index contributed by atoms with van der Waals surface area (Å²) in [5, 5.41) is 3.58. The number of halogens is 1. The Balaban J connectivity index is 2.41. The third-order valence-electron chi connectivity index (χ3n) is 3.31. The van der Waals surface area contributed by atoms with Gasteiger partial charge in [0.2, 0.25) is 0 Å². The minimum Gasteiger partial charge on any atom is -0.484 e. The molecule has 1 heterocycles. The van der Waals surface area contributed by atoms with Gasteiger partial charge in [0.25, 0.3) is 0 Å². The van der Waals surface area contributed by atoms with E-state index in [1.165, 1.54) is 19.2 Å². The number of nitrogens with zero attached hydrogens (tertiary/aromatic N) is 3. The van der Waals surface area contributed by atoms with E-state index in [0.29, 0.717) is 17.7 Å². The summed E-state index contributed by atoms with van der Waals surface area (Å²) >= 11 is 0. The highest BCUT2D eigenvalue weighted by Crippen LogP contribution is 2.40. The van der Waals surface area contributed by atoms with Crippen molar-refractivity contribution in [3.05, 3.63) is 39.5 Å². The van der Waals surface area contributed by atoms with Crippen LogP contribution in [0.5, 0.6) is 5.75 Å². The van der Waals surface area contributed by atoms with Gasteiger partial charge in [-0.05, 0) is 24.6 Å². The monoisotopic (exact) mass is 280 g/mol. The van der Waals surface area contributed by atoms with Gasteiger partial charge in [0.05, 0.1) is 13.2 Å². The maximum Gasteiger partial charge on any atom is 0.142 e. The minimum absolute atomic E-state index is 0.117. The molecule has 0 bridgehead atoms. The number of ether oxygens (including phenoxy) is 2. The Labute approximate surface area is 116 Å². The highest BCUT2D eigenvalue weighted by Gasteiger charge is 2.40. The van der Waals surface area contributed by atoms with Crippen LogP contribution in [0.2, 0.25) is 0 Å². The number of hydrogen-bond donors (Lipinski definition) is 1. The van der Waals surface area contributed by atoms with E-state index < -0.39 is 5.60 Å². The summed E-state index contributed by atoms with van der Waals surface area (Å²) in [6.07, 6.45) is 0.423. The van der Waals surface area contributed by atoms with Crippen LogP contribution in [0.4, 0.5) is 4.39 Å². The zero-order valence-electron chi connectivity index (χ0n) is 11.5. The smallest absolute Gasteiger partial charge is 0.142 e. The predicted molar refractivity (Wildman–Crippen MR) is 72.0 cm³/mol. The van der Waals surface area contributed by atoms with E-state index in [9.17, 15) is 4.39 Å². The molecule has 1 aromatic carbocycles. The van der Waals surface area contributed by atoms with Crippen LogP contribution in [0.1, 0.15) is 24.1 Å². The zero-order chi connectivity index (χ0) is 14.8. The lowest BCUT2D eigenvalue weighted by atomic mass is 9.96. The van der Waals surface area contributed by atoms with Gasteiger partial charge in [0.1, 0.15) is 17.2 Å². The van der Waals surface area contributed by atoms with Crippen molar-refractivity contribution in [2.75, 3.05) is 20.3 Å². The molecule has 1 aliphatic heterocycles. The van der Waals surface area contributed by atoms with E-state index in [0.717, 1.165) is 5.56 Å². The third-order valence-corrected chi connectivity index (χ3v) is 3.31. The molecule has 2 rings (SSSR count). The van der Waals surface area contributed by atoms with Gasteiger partial charge in [-0.2, -0.15) is 0 Å². The summed E-state index contributed by atoms with van der Waals surface area (Å²) in [6, 6.07) is 2.45. The molecule has 0 spiro atoms. The van der Waals surface area contributed by atoms with E-state index in [2.05, 4.69) is 10.0 Å². The molecule has 0 radical (unpaired) electrons. The molecule has 0 saturated heterocycles. The van der Waals surface area contributed by atoms with Crippen LogP contribution in [0.15, 0.2) is 17.2 Å². The summed E-state index contributed by atoms with van der Waals surface area (Å²) in [5.74, 6) is 0.225. The molecular weight excluding hydrogens is 263 g/mol. The Kier molecular flexibility index (Phi) is 4.13. The molecule has 1 aromatic rings. The fraction of sp³-hybridized carbons (Fsp3) is 0.538. The fourth-order valence-electron chi connectivity index (χ4n) is 2.50. The quantitative estimate of drug-likeness (QED) is 0.510. The molecule has 0 fully saturated rings. The first-order chi connectivity index (χ1) is 9.51. The molecule has 2 N–H and O–H groups in total. The number of benzene rings is 1. The molecule has 1 unspecified atom stereocenters. The van der Waals surface area contributed by atoms with Crippen molar-refractivity contribution in [1.82, 2.24) is 0 Å². The number of azide groups is 1. The highest BCUT2D eigenvalue weighted by atomic mass is 19.1. The number of nitrogens with two attached hydrogens (primary N) is 1. The van der Waals surface area contributed by atoms with Crippen molar-refractivity contribution in [2.45, 2.75) is 25.0 Å². The van der Waals surface area contributed by atoms with Crippen molar-refractivity contribution in [1.29, 1.82) is 0 Å². The van der Waals surface area contributed by atoms with E-state index in [4.69, 9.17) is 20.7 Å². The first kappa shape index (κ1) is 14.6. The Bertz CT molecular complexity index is 558. The Morgan fingerprint density at radius 1 is 1.65 bits per heavy atom. The van der Waals surface area contributed by atoms with Gasteiger partial charge >= 0.3 is 0 Å². The minimum atomic E-state index is -0.791. The summed E-state index contributed by atoms with van der Waals surface area (Å²) in [6.45, 7) is 2.13. The molecule has 6 nitrogen and oxygen atoms in total. The predicted octanol–water partition coefficient (Wildman–Crippen LogP) is 2.48. The van der Waals surface area contributed by atoms with Gasteiger partial charge in [-0.25, -0.2) is 4.39 Å². The highest BCUT2D eigenvalue weighted by molar-refractivity contribution is 5.48. The molecule has 0 amide bonds. The Morgan fingerprint density at radius 3 is 3.00 bits per heavy atom. The largest absolute Gasteiger partial charge is 0.484 e. The molecule has 0 aliphatic carbocycles. The first-order valence-electron chi connectivity index (χ1n) is 6.28. The van der Waals surface area contributed by atoms with E-state index in [1.54, 1.807) is 6.92 Å². The molecule has 108 valence electrons. The van der Waals surface area contributed by atoms with Gasteiger partial charge in [-0.1, -0.05) is 5.11 Å². The summed E-state index contributed by atoms with van der Waals surface area (Å²) in [5.41, 5.74) is 14.9. The Morgan fingerprint density at radius 2 is 2.40 bits per heavy atom. The standard InChI is InChI=1S/C13H17FN4O2/c1-8(15)11-4-10(14)3-9-5-13(7-19-2,6-17-18-16)20-12(9)11/h3-4,8H,5-7,15H2,1-2H3/t8-,13?/m1/s1. The lowest BCUT2D eigenvalue weighted by Gasteiger charge is -2.26.